The van der Waals surface area contributed by atoms with Crippen LogP contribution in [0.1, 0.15) is 32.3 Å². The fraction of sp³-hybridized carbons (Fsp3) is 0.611. The van der Waals surface area contributed by atoms with Crippen molar-refractivity contribution in [1.82, 2.24) is 9.80 Å². The van der Waals surface area contributed by atoms with Gasteiger partial charge in [0.2, 0.25) is 5.91 Å². The fourth-order valence-corrected chi connectivity index (χ4v) is 3.14. The van der Waals surface area contributed by atoms with Gasteiger partial charge in [0.05, 0.1) is 0 Å². The average Bonchev–Trinajstić information content (AvgIpc) is 2.93. The van der Waals surface area contributed by atoms with Gasteiger partial charge >= 0.3 is 0 Å². The Labute approximate surface area is 133 Å². The average molecular weight is 306 g/mol. The molecule has 22 heavy (non-hydrogen) atoms. The van der Waals surface area contributed by atoms with Crippen LogP contribution < -0.4 is 0 Å². The lowest BCUT2D eigenvalue weighted by Crippen LogP contribution is -2.35. The smallest absolute Gasteiger partial charge is 0.219 e. The fourth-order valence-electron chi connectivity index (χ4n) is 3.14. The van der Waals surface area contributed by atoms with Gasteiger partial charge in [0, 0.05) is 32.6 Å². The Morgan fingerprint density at radius 3 is 2.91 bits per heavy atom. The molecule has 1 aromatic carbocycles. The molecule has 1 saturated heterocycles. The molecular formula is C18H27FN2O. The van der Waals surface area contributed by atoms with E-state index in [0.29, 0.717) is 12.0 Å². The second kappa shape index (κ2) is 7.73. The molecule has 2 rings (SSSR count). The molecule has 0 unspecified atom stereocenters. The minimum atomic E-state index is -0.159. The van der Waals surface area contributed by atoms with Gasteiger partial charge in [-0.05, 0) is 56.8 Å². The Balaban J connectivity index is 1.75. The maximum Gasteiger partial charge on any atom is 0.219 e. The van der Waals surface area contributed by atoms with Gasteiger partial charge in [-0.3, -0.25) is 4.79 Å². The predicted octanol–water partition coefficient (Wildman–Crippen LogP) is 2.95. The van der Waals surface area contributed by atoms with Crippen LogP contribution in [0.15, 0.2) is 24.3 Å². The lowest BCUT2D eigenvalue weighted by molar-refractivity contribution is -0.127. The third-order valence-electron chi connectivity index (χ3n) is 4.77. The van der Waals surface area contributed by atoms with E-state index in [1.807, 2.05) is 11.0 Å². The monoisotopic (exact) mass is 306 g/mol. The highest BCUT2D eigenvalue weighted by Crippen LogP contribution is 2.19. The maximum absolute atomic E-state index is 13.2. The molecule has 1 aliphatic heterocycles. The summed E-state index contributed by atoms with van der Waals surface area (Å²) in [6.45, 7) is 6.67. The summed E-state index contributed by atoms with van der Waals surface area (Å²) in [5, 5.41) is 0. The molecule has 0 aromatic heterocycles. The third kappa shape index (κ3) is 4.80. The standard InChI is InChI=1S/C18H27FN2O/c1-14(7-8-16-5-4-6-18(19)11-16)20(3)12-17-9-10-21(13-17)15(2)22/h4-6,11,14,17H,7-10,12-13H2,1-3H3/t14-,17+/m0/s1. The first kappa shape index (κ1) is 16.9. The summed E-state index contributed by atoms with van der Waals surface area (Å²) >= 11 is 0. The quantitative estimate of drug-likeness (QED) is 0.807. The number of amides is 1. The molecule has 2 atom stereocenters. The SMILES string of the molecule is CC(=O)N1CC[C@H](CN(C)[C@@H](C)CCc2cccc(F)c2)C1. The van der Waals surface area contributed by atoms with E-state index < -0.39 is 0 Å². The van der Waals surface area contributed by atoms with Gasteiger partial charge < -0.3 is 9.80 Å². The number of carbonyl (C=O) groups is 1. The number of halogens is 1. The van der Waals surface area contributed by atoms with Crippen molar-refractivity contribution in [3.05, 3.63) is 35.6 Å². The van der Waals surface area contributed by atoms with E-state index in [1.165, 1.54) is 6.07 Å². The predicted molar refractivity (Wildman–Crippen MR) is 87.2 cm³/mol. The Kier molecular flexibility index (Phi) is 5.95. The molecule has 4 heteroatoms. The molecule has 1 heterocycles. The Morgan fingerprint density at radius 2 is 2.27 bits per heavy atom. The summed E-state index contributed by atoms with van der Waals surface area (Å²) in [4.78, 5) is 15.7. The van der Waals surface area contributed by atoms with Crippen molar-refractivity contribution in [3.63, 3.8) is 0 Å². The first-order valence-electron chi connectivity index (χ1n) is 8.16. The zero-order valence-corrected chi connectivity index (χ0v) is 13.9. The van der Waals surface area contributed by atoms with Crippen molar-refractivity contribution in [2.75, 3.05) is 26.7 Å². The molecule has 0 N–H and O–H groups in total. The molecule has 122 valence electrons. The van der Waals surface area contributed by atoms with Crippen LogP contribution in [0.2, 0.25) is 0 Å². The van der Waals surface area contributed by atoms with Gasteiger partial charge in [0.25, 0.3) is 0 Å². The van der Waals surface area contributed by atoms with Crippen molar-refractivity contribution >= 4 is 5.91 Å². The summed E-state index contributed by atoms with van der Waals surface area (Å²) in [6.07, 6.45) is 3.01. The number of benzene rings is 1. The number of hydrogen-bond donors (Lipinski definition) is 0. The number of aryl methyl sites for hydroxylation is 1. The second-order valence-corrected chi connectivity index (χ2v) is 6.58. The van der Waals surface area contributed by atoms with Crippen LogP contribution in [-0.2, 0) is 11.2 Å². The van der Waals surface area contributed by atoms with Gasteiger partial charge in [-0.1, -0.05) is 12.1 Å². The van der Waals surface area contributed by atoms with Gasteiger partial charge in [-0.2, -0.15) is 0 Å². The Bertz CT molecular complexity index is 506. The van der Waals surface area contributed by atoms with Crippen LogP contribution in [0.4, 0.5) is 4.39 Å². The maximum atomic E-state index is 13.2. The Hall–Kier alpha value is -1.42. The minimum Gasteiger partial charge on any atom is -0.343 e. The molecule has 1 fully saturated rings. The van der Waals surface area contributed by atoms with Crippen LogP contribution in [0.5, 0.6) is 0 Å². The molecule has 0 radical (unpaired) electrons. The molecule has 0 bridgehead atoms. The Morgan fingerprint density at radius 1 is 1.50 bits per heavy atom. The molecule has 3 nitrogen and oxygen atoms in total. The summed E-state index contributed by atoms with van der Waals surface area (Å²) < 4.78 is 13.2. The first-order valence-corrected chi connectivity index (χ1v) is 8.16. The van der Waals surface area contributed by atoms with Crippen molar-refractivity contribution < 1.29 is 9.18 Å². The van der Waals surface area contributed by atoms with Crippen molar-refractivity contribution in [1.29, 1.82) is 0 Å². The number of hydrogen-bond acceptors (Lipinski definition) is 2. The number of likely N-dealkylation sites (tertiary alicyclic amines) is 1. The van der Waals surface area contributed by atoms with Crippen LogP contribution in [-0.4, -0.2) is 48.4 Å². The van der Waals surface area contributed by atoms with E-state index in [4.69, 9.17) is 0 Å². The minimum absolute atomic E-state index is 0.159. The van der Waals surface area contributed by atoms with E-state index >= 15 is 0 Å². The van der Waals surface area contributed by atoms with Crippen molar-refractivity contribution in [2.24, 2.45) is 5.92 Å². The first-order chi connectivity index (χ1) is 10.5. The normalized spacial score (nSPS) is 19.7. The summed E-state index contributed by atoms with van der Waals surface area (Å²) in [7, 11) is 2.15. The summed E-state index contributed by atoms with van der Waals surface area (Å²) in [5.41, 5.74) is 1.06. The molecule has 1 aliphatic rings. The second-order valence-electron chi connectivity index (χ2n) is 6.58. The zero-order chi connectivity index (χ0) is 16.1. The lowest BCUT2D eigenvalue weighted by atomic mass is 10.0. The molecule has 0 saturated carbocycles. The topological polar surface area (TPSA) is 23.6 Å². The van der Waals surface area contributed by atoms with E-state index in [9.17, 15) is 9.18 Å². The number of rotatable bonds is 6. The van der Waals surface area contributed by atoms with E-state index in [1.54, 1.807) is 19.1 Å². The highest BCUT2D eigenvalue weighted by molar-refractivity contribution is 5.73. The van der Waals surface area contributed by atoms with Crippen molar-refractivity contribution in [3.8, 4) is 0 Å². The molecule has 1 amide bonds. The summed E-state index contributed by atoms with van der Waals surface area (Å²) in [5.74, 6) is 0.601. The zero-order valence-electron chi connectivity index (χ0n) is 13.9. The third-order valence-corrected chi connectivity index (χ3v) is 4.77. The molecule has 1 aromatic rings. The van der Waals surface area contributed by atoms with E-state index in [-0.39, 0.29) is 11.7 Å². The van der Waals surface area contributed by atoms with Crippen LogP contribution in [0, 0.1) is 11.7 Å². The molecule has 0 aliphatic carbocycles. The molecular weight excluding hydrogens is 279 g/mol. The number of carbonyl (C=O) groups excluding carboxylic acids is 1. The van der Waals surface area contributed by atoms with E-state index in [2.05, 4.69) is 18.9 Å². The van der Waals surface area contributed by atoms with Crippen molar-refractivity contribution in [2.45, 2.75) is 39.2 Å². The number of nitrogens with zero attached hydrogens (tertiary/aromatic N) is 2. The lowest BCUT2D eigenvalue weighted by Gasteiger charge is -2.27. The summed E-state index contributed by atoms with van der Waals surface area (Å²) in [6, 6.07) is 7.31. The van der Waals surface area contributed by atoms with Gasteiger partial charge in [0.15, 0.2) is 0 Å². The largest absolute Gasteiger partial charge is 0.343 e. The van der Waals surface area contributed by atoms with Gasteiger partial charge in [-0.15, -0.1) is 0 Å². The van der Waals surface area contributed by atoms with Gasteiger partial charge in [-0.25, -0.2) is 4.39 Å². The van der Waals surface area contributed by atoms with Crippen LogP contribution in [0.25, 0.3) is 0 Å². The highest BCUT2D eigenvalue weighted by atomic mass is 19.1. The van der Waals surface area contributed by atoms with Crippen LogP contribution in [0.3, 0.4) is 0 Å². The van der Waals surface area contributed by atoms with Gasteiger partial charge in [0.1, 0.15) is 5.82 Å². The van der Waals surface area contributed by atoms with E-state index in [0.717, 1.165) is 44.5 Å². The highest BCUT2D eigenvalue weighted by Gasteiger charge is 2.25. The molecule has 0 spiro atoms. The van der Waals surface area contributed by atoms with Crippen LogP contribution >= 0.6 is 0 Å².